The first kappa shape index (κ1) is 21.2. The Labute approximate surface area is 194 Å². The molecule has 0 bridgehead atoms. The summed E-state index contributed by atoms with van der Waals surface area (Å²) in [6.45, 7) is 3.59. The van der Waals surface area contributed by atoms with Gasteiger partial charge in [-0.1, -0.05) is 24.3 Å². The zero-order chi connectivity index (χ0) is 19.7. The second-order valence-electron chi connectivity index (χ2n) is 7.89. The molecule has 1 saturated heterocycles. The molecule has 0 radical (unpaired) electrons. The lowest BCUT2D eigenvalue weighted by atomic mass is 9.74. The summed E-state index contributed by atoms with van der Waals surface area (Å²) in [6.07, 6.45) is 2.98. The number of ether oxygens (including phenoxy) is 3. The fraction of sp³-hybridized carbons (Fsp3) is 0.435. The van der Waals surface area contributed by atoms with E-state index >= 15 is 0 Å². The molecule has 1 N–H and O–H groups in total. The molecule has 3 aliphatic rings. The van der Waals surface area contributed by atoms with E-state index in [1.165, 1.54) is 16.8 Å². The van der Waals surface area contributed by atoms with Crippen molar-refractivity contribution >= 4 is 35.6 Å². The molecule has 160 valence electrons. The van der Waals surface area contributed by atoms with Crippen molar-refractivity contribution in [2.24, 2.45) is 4.99 Å². The van der Waals surface area contributed by atoms with Crippen LogP contribution in [0, 0.1) is 0 Å². The summed E-state index contributed by atoms with van der Waals surface area (Å²) in [5.74, 6) is 2.60. The van der Waals surface area contributed by atoms with Crippen LogP contribution < -0.4 is 19.7 Å². The molecule has 0 spiro atoms. The first-order chi connectivity index (χ1) is 14.3. The zero-order valence-electron chi connectivity index (χ0n) is 17.2. The van der Waals surface area contributed by atoms with Gasteiger partial charge in [-0.2, -0.15) is 0 Å². The SMILES string of the molecule is CN=C(NCC1(c2ccc3c(c2)OCO3)CCOCC1)N1CCc2ccccc21.I. The Morgan fingerprint density at radius 1 is 1.10 bits per heavy atom. The fourth-order valence-electron chi connectivity index (χ4n) is 4.66. The molecule has 30 heavy (non-hydrogen) atoms. The van der Waals surface area contributed by atoms with Gasteiger partial charge in [0.15, 0.2) is 17.5 Å². The number of para-hydroxylation sites is 1. The van der Waals surface area contributed by atoms with Gasteiger partial charge in [0.25, 0.3) is 0 Å². The Morgan fingerprint density at radius 3 is 2.73 bits per heavy atom. The molecular formula is C23H28IN3O3. The average molecular weight is 521 g/mol. The highest BCUT2D eigenvalue weighted by atomic mass is 127. The lowest BCUT2D eigenvalue weighted by Crippen LogP contribution is -2.49. The summed E-state index contributed by atoms with van der Waals surface area (Å²) in [6, 6.07) is 14.9. The van der Waals surface area contributed by atoms with E-state index in [-0.39, 0.29) is 29.4 Å². The smallest absolute Gasteiger partial charge is 0.231 e. The Bertz CT molecular complexity index is 928. The molecule has 3 aliphatic heterocycles. The molecule has 5 rings (SSSR count). The molecule has 3 heterocycles. The first-order valence-electron chi connectivity index (χ1n) is 10.3. The second-order valence-corrected chi connectivity index (χ2v) is 7.89. The van der Waals surface area contributed by atoms with Gasteiger partial charge < -0.3 is 24.4 Å². The third kappa shape index (κ3) is 3.85. The van der Waals surface area contributed by atoms with Crippen LogP contribution in [0.1, 0.15) is 24.0 Å². The lowest BCUT2D eigenvalue weighted by Gasteiger charge is -2.39. The van der Waals surface area contributed by atoms with Crippen LogP contribution in [0.4, 0.5) is 5.69 Å². The fourth-order valence-corrected chi connectivity index (χ4v) is 4.66. The molecule has 0 amide bonds. The van der Waals surface area contributed by atoms with Crippen LogP contribution in [0.5, 0.6) is 11.5 Å². The maximum atomic E-state index is 5.69. The summed E-state index contributed by atoms with van der Waals surface area (Å²) >= 11 is 0. The normalized spacial score (nSPS) is 19.2. The van der Waals surface area contributed by atoms with Crippen LogP contribution in [-0.4, -0.2) is 46.1 Å². The molecule has 7 heteroatoms. The zero-order valence-corrected chi connectivity index (χ0v) is 19.6. The molecule has 0 aromatic heterocycles. The van der Waals surface area contributed by atoms with E-state index in [0.717, 1.165) is 63.0 Å². The van der Waals surface area contributed by atoms with Gasteiger partial charge in [0, 0.05) is 44.5 Å². The van der Waals surface area contributed by atoms with Gasteiger partial charge in [0.2, 0.25) is 6.79 Å². The molecule has 0 aliphatic carbocycles. The van der Waals surface area contributed by atoms with E-state index in [1.807, 2.05) is 13.1 Å². The molecule has 0 saturated carbocycles. The minimum atomic E-state index is -0.0194. The minimum Gasteiger partial charge on any atom is -0.454 e. The minimum absolute atomic E-state index is 0. The molecule has 1 fully saturated rings. The quantitative estimate of drug-likeness (QED) is 0.379. The summed E-state index contributed by atoms with van der Waals surface area (Å²) in [7, 11) is 1.86. The topological polar surface area (TPSA) is 55.3 Å². The van der Waals surface area contributed by atoms with Gasteiger partial charge in [0.05, 0.1) is 0 Å². The predicted octanol–water partition coefficient (Wildman–Crippen LogP) is 3.72. The third-order valence-electron chi connectivity index (χ3n) is 6.37. The van der Waals surface area contributed by atoms with Crippen LogP contribution in [-0.2, 0) is 16.6 Å². The highest BCUT2D eigenvalue weighted by Gasteiger charge is 2.36. The van der Waals surface area contributed by atoms with Crippen molar-refractivity contribution in [1.29, 1.82) is 0 Å². The van der Waals surface area contributed by atoms with Gasteiger partial charge in [-0.3, -0.25) is 4.99 Å². The standard InChI is InChI=1S/C23H27N3O3.HI/c1-24-22(26-11-8-17-4-2-3-5-19(17)26)25-15-23(9-12-27-13-10-23)18-6-7-20-21(14-18)29-16-28-20;/h2-7,14H,8-13,15-16H2,1H3,(H,24,25);1H. The molecule has 0 unspecified atom stereocenters. The Hall–Kier alpha value is -2.00. The van der Waals surface area contributed by atoms with Gasteiger partial charge in [-0.15, -0.1) is 24.0 Å². The Balaban J connectivity index is 0.00000218. The largest absolute Gasteiger partial charge is 0.454 e. The van der Waals surface area contributed by atoms with E-state index in [2.05, 4.69) is 51.6 Å². The van der Waals surface area contributed by atoms with Crippen molar-refractivity contribution in [3.8, 4) is 11.5 Å². The lowest BCUT2D eigenvalue weighted by molar-refractivity contribution is 0.0513. The van der Waals surface area contributed by atoms with Crippen molar-refractivity contribution in [2.75, 3.05) is 45.0 Å². The maximum Gasteiger partial charge on any atom is 0.231 e. The van der Waals surface area contributed by atoms with Crippen LogP contribution in [0.2, 0.25) is 0 Å². The highest BCUT2D eigenvalue weighted by molar-refractivity contribution is 14.0. The summed E-state index contributed by atoms with van der Waals surface area (Å²) in [5, 5.41) is 3.68. The molecule has 2 aromatic rings. The number of halogens is 1. The van der Waals surface area contributed by atoms with Gasteiger partial charge in [-0.25, -0.2) is 0 Å². The van der Waals surface area contributed by atoms with Crippen LogP contribution in [0.15, 0.2) is 47.5 Å². The average Bonchev–Trinajstić information content (AvgIpc) is 3.42. The third-order valence-corrected chi connectivity index (χ3v) is 6.37. The van der Waals surface area contributed by atoms with E-state index in [4.69, 9.17) is 14.2 Å². The number of fused-ring (bicyclic) bond motifs is 2. The number of anilines is 1. The summed E-state index contributed by atoms with van der Waals surface area (Å²) in [5.41, 5.74) is 3.89. The predicted molar refractivity (Wildman–Crippen MR) is 129 cm³/mol. The number of guanidine groups is 1. The molecular weight excluding hydrogens is 493 g/mol. The monoisotopic (exact) mass is 521 g/mol. The maximum absolute atomic E-state index is 5.69. The highest BCUT2D eigenvalue weighted by Crippen LogP contribution is 2.40. The second kappa shape index (κ2) is 9.01. The van der Waals surface area contributed by atoms with Crippen LogP contribution in [0.25, 0.3) is 0 Å². The number of nitrogens with one attached hydrogen (secondary N) is 1. The molecule has 6 nitrogen and oxygen atoms in total. The van der Waals surface area contributed by atoms with Crippen molar-refractivity contribution < 1.29 is 14.2 Å². The Morgan fingerprint density at radius 2 is 1.90 bits per heavy atom. The van der Waals surface area contributed by atoms with E-state index in [1.54, 1.807) is 0 Å². The van der Waals surface area contributed by atoms with Crippen molar-refractivity contribution in [1.82, 2.24) is 5.32 Å². The summed E-state index contributed by atoms with van der Waals surface area (Å²) in [4.78, 5) is 6.89. The number of rotatable bonds is 3. The van der Waals surface area contributed by atoms with Crippen LogP contribution >= 0.6 is 24.0 Å². The number of benzene rings is 2. The first-order valence-corrected chi connectivity index (χ1v) is 10.3. The molecule has 0 atom stereocenters. The van der Waals surface area contributed by atoms with E-state index < -0.39 is 0 Å². The van der Waals surface area contributed by atoms with Crippen molar-refractivity contribution in [2.45, 2.75) is 24.7 Å². The van der Waals surface area contributed by atoms with E-state index in [9.17, 15) is 0 Å². The van der Waals surface area contributed by atoms with Gasteiger partial charge >= 0.3 is 0 Å². The number of hydrogen-bond acceptors (Lipinski definition) is 4. The van der Waals surface area contributed by atoms with E-state index in [0.29, 0.717) is 6.79 Å². The van der Waals surface area contributed by atoms with Crippen LogP contribution in [0.3, 0.4) is 0 Å². The number of nitrogens with zero attached hydrogens (tertiary/aromatic N) is 2. The summed E-state index contributed by atoms with van der Waals surface area (Å²) < 4.78 is 16.8. The van der Waals surface area contributed by atoms with Crippen molar-refractivity contribution in [3.05, 3.63) is 53.6 Å². The number of aliphatic imine (C=N–C) groups is 1. The Kier molecular flexibility index (Phi) is 6.38. The molecule has 2 aromatic carbocycles. The van der Waals surface area contributed by atoms with Crippen molar-refractivity contribution in [3.63, 3.8) is 0 Å². The van der Waals surface area contributed by atoms with Gasteiger partial charge in [0.1, 0.15) is 0 Å². The number of hydrogen-bond donors (Lipinski definition) is 1. The van der Waals surface area contributed by atoms with Gasteiger partial charge in [-0.05, 0) is 48.6 Å².